The van der Waals surface area contributed by atoms with E-state index >= 15 is 0 Å². The van der Waals surface area contributed by atoms with Crippen LogP contribution in [0.25, 0.3) is 31.0 Å². The van der Waals surface area contributed by atoms with Crippen LogP contribution in [0.4, 0.5) is 4.39 Å². The summed E-state index contributed by atoms with van der Waals surface area (Å²) in [6.07, 6.45) is 0.412. The lowest BCUT2D eigenvalue weighted by Crippen LogP contribution is -2.58. The molecule has 4 N–H and O–H groups in total. The Kier molecular flexibility index (Phi) is 16.3. The molecule has 16 heteroatoms. The summed E-state index contributed by atoms with van der Waals surface area (Å²) in [6, 6.07) is 24.3. The fourth-order valence-corrected chi connectivity index (χ4v) is 9.76. The van der Waals surface area contributed by atoms with Crippen LogP contribution in [0.1, 0.15) is 64.3 Å². The van der Waals surface area contributed by atoms with E-state index in [2.05, 4.69) is 15.6 Å². The van der Waals surface area contributed by atoms with Crippen LogP contribution >= 0.6 is 22.7 Å². The summed E-state index contributed by atoms with van der Waals surface area (Å²) in [4.78, 5) is 48.3. The smallest absolute Gasteiger partial charge is 0.246 e. The minimum atomic E-state index is -0.965. The highest BCUT2D eigenvalue weighted by Crippen LogP contribution is 2.47. The Labute approximate surface area is 397 Å². The van der Waals surface area contributed by atoms with Gasteiger partial charge in [0.25, 0.3) is 0 Å². The van der Waals surface area contributed by atoms with Crippen molar-refractivity contribution < 1.29 is 47.9 Å². The summed E-state index contributed by atoms with van der Waals surface area (Å²) in [5.74, 6) is 0.432. The molecule has 4 aromatic carbocycles. The zero-order valence-electron chi connectivity index (χ0n) is 38.3. The van der Waals surface area contributed by atoms with Crippen LogP contribution in [0.15, 0.2) is 96.5 Å². The molecule has 0 aliphatic carbocycles. The van der Waals surface area contributed by atoms with Gasteiger partial charge >= 0.3 is 0 Å². The topological polar surface area (TPSA) is 169 Å². The van der Waals surface area contributed by atoms with Crippen LogP contribution in [0.3, 0.4) is 0 Å². The van der Waals surface area contributed by atoms with E-state index in [1.165, 1.54) is 28.4 Å². The molecule has 1 saturated heterocycles. The summed E-state index contributed by atoms with van der Waals surface area (Å²) in [7, 11) is 0. The number of halogens is 1. The number of aromatic hydroxyl groups is 1. The van der Waals surface area contributed by atoms with Gasteiger partial charge in [0.15, 0.2) is 5.75 Å². The first kappa shape index (κ1) is 49.0. The van der Waals surface area contributed by atoms with Crippen molar-refractivity contribution in [2.45, 2.75) is 78.1 Å². The number of thiazole rings is 1. The lowest BCUT2D eigenvalue weighted by atomic mass is 9.85. The molecule has 3 amide bonds. The van der Waals surface area contributed by atoms with Gasteiger partial charge in [0.1, 0.15) is 41.8 Å². The quantitative estimate of drug-likeness (QED) is 0.0542. The second-order valence-corrected chi connectivity index (χ2v) is 19.5. The maximum absolute atomic E-state index is 14.0. The third-order valence-corrected chi connectivity index (χ3v) is 13.5. The van der Waals surface area contributed by atoms with E-state index in [1.54, 1.807) is 41.7 Å². The SMILES string of the molecule is Cc1ncsc1-c1ccc(C(C)NC(=O)[C@@H]2C[C@@H](O)CN2C(=O)C(NC(=O)COCCCOCCCOc2ccc(Oc3c(-c4ccc(F)cc4)sc4cc(O)ccc34)cc2)C(C)(C)C)cc1. The fraction of sp³-hybridized carbons (Fsp3) is 0.373. The van der Waals surface area contributed by atoms with E-state index in [0.29, 0.717) is 49.9 Å². The number of phenols is 1. The normalized spacial score (nSPS) is 15.9. The molecule has 354 valence electrons. The number of amides is 3. The van der Waals surface area contributed by atoms with Crippen molar-refractivity contribution in [3.05, 3.63) is 114 Å². The number of carbonyl (C=O) groups is 3. The molecule has 0 bridgehead atoms. The highest BCUT2D eigenvalue weighted by Gasteiger charge is 2.44. The first-order valence-electron chi connectivity index (χ1n) is 22.3. The highest BCUT2D eigenvalue weighted by atomic mass is 32.1. The van der Waals surface area contributed by atoms with Crippen LogP contribution in [0.2, 0.25) is 0 Å². The van der Waals surface area contributed by atoms with Gasteiger partial charge in [0, 0.05) is 49.3 Å². The van der Waals surface area contributed by atoms with Crippen molar-refractivity contribution in [3.63, 3.8) is 0 Å². The number of likely N-dealkylation sites (tertiary alicyclic amines) is 1. The summed E-state index contributed by atoms with van der Waals surface area (Å²) in [5.41, 5.74) is 4.82. The standard InChI is InChI=1S/C51H57FN4O9S2/c1-31(33-8-10-34(11-9-33)46-32(2)53-30-66-46)54-49(60)42-26-38(58)28-56(42)50(61)48(51(3,4)5)55-44(59)29-63-24-6-22-62-23-7-25-64-39-17-19-40(20-18-39)65-45-41-21-16-37(57)27-43(41)67-47(45)35-12-14-36(52)15-13-35/h8-21,27,30-31,38,42,48,57-58H,6-7,22-26,28-29H2,1-5H3,(H,54,60)(H,55,59)/t31?,38-,42+,48?/m1/s1. The molecule has 1 aliphatic rings. The maximum Gasteiger partial charge on any atom is 0.246 e. The lowest BCUT2D eigenvalue weighted by Gasteiger charge is -2.35. The van der Waals surface area contributed by atoms with Crippen molar-refractivity contribution in [1.29, 1.82) is 0 Å². The number of benzene rings is 4. The van der Waals surface area contributed by atoms with E-state index in [0.717, 1.165) is 42.2 Å². The van der Waals surface area contributed by atoms with Crippen molar-refractivity contribution in [2.75, 3.05) is 39.6 Å². The molecule has 1 aliphatic heterocycles. The van der Waals surface area contributed by atoms with Gasteiger partial charge in [0.2, 0.25) is 17.7 Å². The largest absolute Gasteiger partial charge is 0.508 e. The van der Waals surface area contributed by atoms with E-state index in [1.807, 2.05) is 88.7 Å². The van der Waals surface area contributed by atoms with Crippen molar-refractivity contribution >= 4 is 50.5 Å². The Morgan fingerprint density at radius 1 is 0.866 bits per heavy atom. The van der Waals surface area contributed by atoms with Crippen molar-refractivity contribution in [3.8, 4) is 43.9 Å². The molecule has 67 heavy (non-hydrogen) atoms. The molecular weight excluding hydrogens is 896 g/mol. The van der Waals surface area contributed by atoms with E-state index < -0.39 is 35.4 Å². The van der Waals surface area contributed by atoms with Gasteiger partial charge in [-0.05, 0) is 97.0 Å². The average Bonchev–Trinajstić information content (AvgIpc) is 4.02. The Hall–Kier alpha value is -5.91. The maximum atomic E-state index is 14.0. The molecule has 6 aromatic rings. The predicted octanol–water partition coefficient (Wildman–Crippen LogP) is 9.20. The number of fused-ring (bicyclic) bond motifs is 1. The number of phenolic OH excluding ortho intramolecular Hbond substituents is 1. The van der Waals surface area contributed by atoms with Gasteiger partial charge in [-0.15, -0.1) is 22.7 Å². The number of carbonyl (C=O) groups excluding carboxylic acids is 3. The number of nitrogens with one attached hydrogen (secondary N) is 2. The summed E-state index contributed by atoms with van der Waals surface area (Å²) < 4.78 is 38.1. The first-order valence-corrected chi connectivity index (χ1v) is 24.0. The third kappa shape index (κ3) is 12.8. The van der Waals surface area contributed by atoms with Gasteiger partial charge in [-0.3, -0.25) is 14.4 Å². The number of ether oxygens (including phenoxy) is 4. The molecule has 3 heterocycles. The second-order valence-electron chi connectivity index (χ2n) is 17.6. The number of thiophene rings is 1. The molecule has 0 radical (unpaired) electrons. The number of aliphatic hydroxyl groups excluding tert-OH is 1. The minimum absolute atomic E-state index is 0.0208. The lowest BCUT2D eigenvalue weighted by molar-refractivity contribution is -0.144. The minimum Gasteiger partial charge on any atom is -0.508 e. The van der Waals surface area contributed by atoms with Crippen molar-refractivity contribution in [1.82, 2.24) is 20.5 Å². The molecule has 13 nitrogen and oxygen atoms in total. The number of aryl methyl sites for hydroxylation is 1. The number of β-amino-alcohol motifs (C(OH)–C–C–N with tert-alkyl or cyclic N) is 1. The number of nitrogens with zero attached hydrogens (tertiary/aromatic N) is 2. The predicted molar refractivity (Wildman–Crippen MR) is 258 cm³/mol. The molecule has 1 fully saturated rings. The number of hydrogen-bond donors (Lipinski definition) is 4. The molecule has 0 saturated carbocycles. The van der Waals surface area contributed by atoms with E-state index in [9.17, 15) is 29.0 Å². The van der Waals surface area contributed by atoms with Gasteiger partial charge in [-0.25, -0.2) is 9.37 Å². The number of aromatic nitrogens is 1. The number of hydrogen-bond acceptors (Lipinski definition) is 12. The third-order valence-electron chi connectivity index (χ3n) is 11.4. The van der Waals surface area contributed by atoms with E-state index in [-0.39, 0.29) is 49.7 Å². The number of rotatable bonds is 20. The van der Waals surface area contributed by atoms with Gasteiger partial charge < -0.3 is 44.7 Å². The molecule has 4 atom stereocenters. The molecule has 2 aromatic heterocycles. The monoisotopic (exact) mass is 952 g/mol. The fourth-order valence-electron chi connectivity index (χ4n) is 7.78. The van der Waals surface area contributed by atoms with E-state index in [4.69, 9.17) is 18.9 Å². The van der Waals surface area contributed by atoms with Crippen molar-refractivity contribution in [2.24, 2.45) is 5.41 Å². The van der Waals surface area contributed by atoms with Crippen LogP contribution in [0, 0.1) is 18.2 Å². The van der Waals surface area contributed by atoms with Crippen LogP contribution in [-0.4, -0.2) is 95.6 Å². The highest BCUT2D eigenvalue weighted by molar-refractivity contribution is 7.22. The first-order chi connectivity index (χ1) is 32.1. The summed E-state index contributed by atoms with van der Waals surface area (Å²) in [6.45, 7) is 10.7. The Balaban J connectivity index is 0.795. The Morgan fingerprint density at radius 2 is 1.52 bits per heavy atom. The van der Waals surface area contributed by atoms with Crippen LogP contribution in [-0.2, 0) is 23.9 Å². The van der Waals surface area contributed by atoms with Gasteiger partial charge in [-0.2, -0.15) is 0 Å². The molecule has 7 rings (SSSR count). The van der Waals surface area contributed by atoms with Crippen LogP contribution in [0.5, 0.6) is 23.0 Å². The zero-order valence-corrected chi connectivity index (χ0v) is 39.9. The Morgan fingerprint density at radius 3 is 2.21 bits per heavy atom. The van der Waals surface area contributed by atoms with Crippen LogP contribution < -0.4 is 20.1 Å². The molecular formula is C51H57FN4O9S2. The van der Waals surface area contributed by atoms with Gasteiger partial charge in [0.05, 0.1) is 39.7 Å². The zero-order chi connectivity index (χ0) is 47.7. The average molecular weight is 953 g/mol. The molecule has 2 unspecified atom stereocenters. The van der Waals surface area contributed by atoms with Gasteiger partial charge in [-0.1, -0.05) is 57.2 Å². The summed E-state index contributed by atoms with van der Waals surface area (Å²) in [5, 5.41) is 27.3. The number of aliphatic hydroxyl groups is 1. The Bertz CT molecular complexity index is 2610. The molecule has 0 spiro atoms. The second kappa shape index (κ2) is 22.3. The summed E-state index contributed by atoms with van der Waals surface area (Å²) >= 11 is 3.03.